The molecular formula is C42H45N3O6. The zero-order valence-corrected chi connectivity index (χ0v) is 29.9. The lowest BCUT2D eigenvalue weighted by Crippen LogP contribution is -2.36. The van der Waals surface area contributed by atoms with Crippen LogP contribution in [0.25, 0.3) is 11.1 Å². The summed E-state index contributed by atoms with van der Waals surface area (Å²) in [6, 6.07) is 26.9. The fourth-order valence-electron chi connectivity index (χ4n) is 6.93. The summed E-state index contributed by atoms with van der Waals surface area (Å²) in [6.45, 7) is 12.3. The molecule has 0 bridgehead atoms. The van der Waals surface area contributed by atoms with Crippen LogP contribution in [0.5, 0.6) is 0 Å². The van der Waals surface area contributed by atoms with Crippen LogP contribution in [0.15, 0.2) is 97.3 Å². The second kappa shape index (κ2) is 15.9. The molecule has 264 valence electrons. The van der Waals surface area contributed by atoms with Gasteiger partial charge in [-0.1, -0.05) is 99.3 Å². The largest absolute Gasteiger partial charge is 0.449 e. The van der Waals surface area contributed by atoms with Crippen molar-refractivity contribution in [3.05, 3.63) is 136 Å². The molecule has 2 amide bonds. The van der Waals surface area contributed by atoms with Crippen molar-refractivity contribution in [2.45, 2.75) is 51.9 Å². The van der Waals surface area contributed by atoms with Gasteiger partial charge in [0.25, 0.3) is 0 Å². The molecule has 9 heteroatoms. The van der Waals surface area contributed by atoms with E-state index in [-0.39, 0.29) is 55.7 Å². The van der Waals surface area contributed by atoms with E-state index < -0.39 is 23.3 Å². The van der Waals surface area contributed by atoms with Crippen molar-refractivity contribution >= 4 is 29.4 Å². The van der Waals surface area contributed by atoms with Crippen molar-refractivity contribution in [3.8, 4) is 11.1 Å². The number of ether oxygens (including phenoxy) is 2. The number of allylic oxidation sites excluding steroid dienone is 1. The lowest BCUT2D eigenvalue weighted by Gasteiger charge is -2.29. The van der Waals surface area contributed by atoms with Gasteiger partial charge >= 0.3 is 12.1 Å². The van der Waals surface area contributed by atoms with E-state index in [9.17, 15) is 19.2 Å². The second-order valence-corrected chi connectivity index (χ2v) is 13.5. The topological polar surface area (TPSA) is 123 Å². The molecular weight excluding hydrogens is 642 g/mol. The fraction of sp³-hybridized carbons (Fsp3) is 0.286. The molecule has 0 heterocycles. The summed E-state index contributed by atoms with van der Waals surface area (Å²) in [5, 5.41) is 8.68. The van der Waals surface area contributed by atoms with E-state index in [0.717, 1.165) is 44.6 Å². The number of hydrogen-bond acceptors (Lipinski definition) is 7. The maximum absolute atomic E-state index is 13.0. The van der Waals surface area contributed by atoms with Gasteiger partial charge in [0.2, 0.25) is 11.7 Å². The van der Waals surface area contributed by atoms with Crippen molar-refractivity contribution < 1.29 is 28.7 Å². The molecule has 1 aliphatic carbocycles. The molecule has 0 saturated carbocycles. The maximum Gasteiger partial charge on any atom is 0.407 e. The van der Waals surface area contributed by atoms with Crippen LogP contribution in [0.1, 0.15) is 69.9 Å². The molecule has 0 unspecified atom stereocenters. The number of anilines is 1. The van der Waals surface area contributed by atoms with Crippen LogP contribution < -0.4 is 16.0 Å². The minimum atomic E-state index is -0.561. The van der Waals surface area contributed by atoms with Crippen LogP contribution >= 0.6 is 0 Å². The van der Waals surface area contributed by atoms with Gasteiger partial charge in [0.1, 0.15) is 6.61 Å². The van der Waals surface area contributed by atoms with Crippen LogP contribution in [0.2, 0.25) is 0 Å². The highest BCUT2D eigenvalue weighted by Crippen LogP contribution is 2.44. The minimum absolute atomic E-state index is 0.0316. The molecule has 5 rings (SSSR count). The SMILES string of the molecule is C=C(OC(=O)CC(C)(C)c1c(C)cc(C)cc1NC)C(=O)c1ccc(CC(=O)NCCNC(=O)OCC2c3ccccc3-c3ccccc32)cc1. The average Bonchev–Trinajstić information content (AvgIpc) is 3.41. The van der Waals surface area contributed by atoms with Gasteiger partial charge in [0, 0.05) is 42.7 Å². The molecule has 4 aromatic rings. The third-order valence-electron chi connectivity index (χ3n) is 9.14. The Morgan fingerprint density at radius 1 is 0.824 bits per heavy atom. The van der Waals surface area contributed by atoms with Crippen LogP contribution in [0.3, 0.4) is 0 Å². The molecule has 0 radical (unpaired) electrons. The van der Waals surface area contributed by atoms with Crippen LogP contribution in [0.4, 0.5) is 10.5 Å². The van der Waals surface area contributed by atoms with Gasteiger partial charge in [0.05, 0.1) is 12.8 Å². The number of alkyl carbamates (subject to hydrolysis) is 1. The van der Waals surface area contributed by atoms with Crippen molar-refractivity contribution in [3.63, 3.8) is 0 Å². The molecule has 51 heavy (non-hydrogen) atoms. The molecule has 9 nitrogen and oxygen atoms in total. The Bertz CT molecular complexity index is 1920. The molecule has 1 aliphatic rings. The number of benzene rings is 4. The first kappa shape index (κ1) is 36.6. The number of ketones is 1. The van der Waals surface area contributed by atoms with Gasteiger partial charge in [-0.15, -0.1) is 0 Å². The van der Waals surface area contributed by atoms with E-state index in [0.29, 0.717) is 5.56 Å². The number of carbonyl (C=O) groups is 4. The predicted molar refractivity (Wildman–Crippen MR) is 199 cm³/mol. The van der Waals surface area contributed by atoms with E-state index >= 15 is 0 Å². The Morgan fingerprint density at radius 2 is 1.43 bits per heavy atom. The summed E-state index contributed by atoms with van der Waals surface area (Å²) >= 11 is 0. The maximum atomic E-state index is 13.0. The van der Waals surface area contributed by atoms with Gasteiger partial charge in [-0.2, -0.15) is 0 Å². The summed E-state index contributed by atoms with van der Waals surface area (Å²) in [5.41, 5.74) is 9.13. The third-order valence-corrected chi connectivity index (χ3v) is 9.14. The third kappa shape index (κ3) is 8.73. The van der Waals surface area contributed by atoms with Gasteiger partial charge < -0.3 is 25.4 Å². The van der Waals surface area contributed by atoms with Crippen LogP contribution in [0, 0.1) is 13.8 Å². The summed E-state index contributed by atoms with van der Waals surface area (Å²) in [6.07, 6.45) is -0.420. The van der Waals surface area contributed by atoms with E-state index in [2.05, 4.69) is 52.9 Å². The fourth-order valence-corrected chi connectivity index (χ4v) is 6.93. The Hall–Kier alpha value is -5.70. The van der Waals surface area contributed by atoms with Crippen molar-refractivity contribution in [1.82, 2.24) is 10.6 Å². The number of rotatable bonds is 14. The summed E-state index contributed by atoms with van der Waals surface area (Å²) in [5.74, 6) is -1.61. The van der Waals surface area contributed by atoms with Crippen molar-refractivity contribution in [2.24, 2.45) is 0 Å². The zero-order valence-electron chi connectivity index (χ0n) is 29.9. The van der Waals surface area contributed by atoms with Gasteiger partial charge in [-0.25, -0.2) is 4.79 Å². The number of amides is 2. The van der Waals surface area contributed by atoms with Crippen molar-refractivity contribution in [1.29, 1.82) is 0 Å². The average molecular weight is 688 g/mol. The van der Waals surface area contributed by atoms with E-state index in [1.54, 1.807) is 24.3 Å². The number of fused-ring (bicyclic) bond motifs is 3. The standard InChI is InChI=1S/C42H45N3O6/c1-26-21-27(2)39(36(22-26)43-6)42(4,5)24-38(47)51-28(3)40(48)30-17-15-29(16-18-30)23-37(46)44-19-20-45-41(49)50-25-35-33-13-9-7-11-31(33)32-12-8-10-14-34(32)35/h7-18,21-22,35,43H,3,19-20,23-25H2,1-2,4-6H3,(H,44,46)(H,45,49). The highest BCUT2D eigenvalue weighted by molar-refractivity contribution is 6.08. The van der Waals surface area contributed by atoms with Gasteiger partial charge in [-0.3, -0.25) is 14.4 Å². The van der Waals surface area contributed by atoms with Gasteiger partial charge in [0.15, 0.2) is 5.76 Å². The number of hydrogen-bond donors (Lipinski definition) is 3. The summed E-state index contributed by atoms with van der Waals surface area (Å²) in [4.78, 5) is 50.9. The normalized spacial score (nSPS) is 11.9. The first-order valence-electron chi connectivity index (χ1n) is 17.1. The summed E-state index contributed by atoms with van der Waals surface area (Å²) in [7, 11) is 1.85. The van der Waals surface area contributed by atoms with E-state index in [1.165, 1.54) is 0 Å². The second-order valence-electron chi connectivity index (χ2n) is 13.5. The lowest BCUT2D eigenvalue weighted by molar-refractivity contribution is -0.140. The minimum Gasteiger partial charge on any atom is -0.449 e. The van der Waals surface area contributed by atoms with Crippen LogP contribution in [-0.2, 0) is 30.9 Å². The Balaban J connectivity index is 1.03. The molecule has 0 fully saturated rings. The highest BCUT2D eigenvalue weighted by Gasteiger charge is 2.31. The Labute approximate surface area is 299 Å². The smallest absolute Gasteiger partial charge is 0.407 e. The molecule has 0 aromatic heterocycles. The van der Waals surface area contributed by atoms with E-state index in [1.807, 2.05) is 65.1 Å². The van der Waals surface area contributed by atoms with Crippen LogP contribution in [-0.4, -0.2) is 50.5 Å². The molecule has 0 saturated heterocycles. The molecule has 3 N–H and O–H groups in total. The highest BCUT2D eigenvalue weighted by atomic mass is 16.5. The number of carbonyl (C=O) groups excluding carboxylic acids is 4. The number of aryl methyl sites for hydroxylation is 2. The Morgan fingerprint density at radius 3 is 2.06 bits per heavy atom. The number of esters is 1. The molecule has 4 aromatic carbocycles. The quantitative estimate of drug-likeness (QED) is 0.0423. The lowest BCUT2D eigenvalue weighted by atomic mass is 9.78. The molecule has 0 aliphatic heterocycles. The number of Topliss-reactive ketones (excluding diaryl/α,β-unsaturated/α-hetero) is 1. The molecule has 0 atom stereocenters. The zero-order chi connectivity index (χ0) is 36.7. The Kier molecular flexibility index (Phi) is 11.4. The molecule has 0 spiro atoms. The first-order chi connectivity index (χ1) is 24.4. The monoisotopic (exact) mass is 687 g/mol. The van der Waals surface area contributed by atoms with Gasteiger partial charge in [-0.05, 0) is 64.4 Å². The van der Waals surface area contributed by atoms with E-state index in [4.69, 9.17) is 9.47 Å². The predicted octanol–water partition coefficient (Wildman–Crippen LogP) is 7.15. The van der Waals surface area contributed by atoms with Crippen molar-refractivity contribution in [2.75, 3.05) is 32.1 Å². The number of nitrogens with one attached hydrogen (secondary N) is 3. The first-order valence-corrected chi connectivity index (χ1v) is 17.1. The summed E-state index contributed by atoms with van der Waals surface area (Å²) < 4.78 is 10.9.